The number of benzene rings is 2. The van der Waals surface area contributed by atoms with Gasteiger partial charge < -0.3 is 10.6 Å². The van der Waals surface area contributed by atoms with E-state index in [4.69, 9.17) is 12.2 Å². The Morgan fingerprint density at radius 1 is 1.12 bits per heavy atom. The first kappa shape index (κ1) is 18.8. The standard InChI is InChI=1S/C19H18IN3O2S/c1-11-6-9-13(10-16(11)22-17(24)12-7-8-12)21-19(26)23-18(25)14-4-2-3-5-15(14)20/h2-6,9-10,12H,7-8H2,1H3,(H,22,24)(H2,21,23,25,26). The number of amides is 2. The van der Waals surface area contributed by atoms with E-state index in [9.17, 15) is 9.59 Å². The summed E-state index contributed by atoms with van der Waals surface area (Å²) in [6, 6.07) is 12.9. The lowest BCUT2D eigenvalue weighted by Gasteiger charge is -2.13. The highest BCUT2D eigenvalue weighted by Crippen LogP contribution is 2.31. The maximum absolute atomic E-state index is 12.3. The highest BCUT2D eigenvalue weighted by atomic mass is 127. The summed E-state index contributed by atoms with van der Waals surface area (Å²) < 4.78 is 0.853. The minimum Gasteiger partial charge on any atom is -0.332 e. The molecule has 0 saturated heterocycles. The van der Waals surface area contributed by atoms with E-state index in [-0.39, 0.29) is 22.8 Å². The molecule has 1 saturated carbocycles. The molecule has 1 aliphatic rings. The molecular weight excluding hydrogens is 461 g/mol. The van der Waals surface area contributed by atoms with Gasteiger partial charge in [-0.3, -0.25) is 14.9 Å². The molecule has 0 heterocycles. The van der Waals surface area contributed by atoms with E-state index in [2.05, 4.69) is 38.5 Å². The van der Waals surface area contributed by atoms with Gasteiger partial charge in [0.2, 0.25) is 5.91 Å². The molecule has 3 rings (SSSR count). The Morgan fingerprint density at radius 2 is 1.85 bits per heavy atom. The van der Waals surface area contributed by atoms with Crippen molar-refractivity contribution in [1.29, 1.82) is 0 Å². The van der Waals surface area contributed by atoms with E-state index in [1.165, 1.54) is 0 Å². The molecule has 5 nitrogen and oxygen atoms in total. The van der Waals surface area contributed by atoms with E-state index in [0.717, 1.165) is 27.7 Å². The number of carbonyl (C=O) groups is 2. The minimum absolute atomic E-state index is 0.0554. The van der Waals surface area contributed by atoms with Crippen molar-refractivity contribution in [3.63, 3.8) is 0 Å². The van der Waals surface area contributed by atoms with Crippen molar-refractivity contribution >= 4 is 63.1 Å². The number of aryl methyl sites for hydroxylation is 1. The van der Waals surface area contributed by atoms with Crippen LogP contribution in [0, 0.1) is 16.4 Å². The maximum atomic E-state index is 12.3. The Balaban J connectivity index is 1.64. The van der Waals surface area contributed by atoms with Gasteiger partial charge in [0.15, 0.2) is 5.11 Å². The smallest absolute Gasteiger partial charge is 0.258 e. The molecule has 7 heteroatoms. The molecule has 3 N–H and O–H groups in total. The average molecular weight is 479 g/mol. The first-order valence-corrected chi connectivity index (χ1v) is 9.71. The van der Waals surface area contributed by atoms with Crippen LogP contribution in [0.2, 0.25) is 0 Å². The molecule has 0 bridgehead atoms. The summed E-state index contributed by atoms with van der Waals surface area (Å²) in [5.74, 6) is -0.0682. The molecule has 0 atom stereocenters. The Morgan fingerprint density at radius 3 is 2.54 bits per heavy atom. The van der Waals surface area contributed by atoms with Gasteiger partial charge in [0, 0.05) is 20.9 Å². The Kier molecular flexibility index (Phi) is 5.87. The van der Waals surface area contributed by atoms with Crippen molar-refractivity contribution in [2.45, 2.75) is 19.8 Å². The molecule has 1 aliphatic carbocycles. The van der Waals surface area contributed by atoms with Gasteiger partial charge in [0.05, 0.1) is 5.56 Å². The van der Waals surface area contributed by atoms with Crippen LogP contribution in [0.3, 0.4) is 0 Å². The van der Waals surface area contributed by atoms with E-state index < -0.39 is 0 Å². The summed E-state index contributed by atoms with van der Waals surface area (Å²) >= 11 is 7.35. The van der Waals surface area contributed by atoms with Gasteiger partial charge in [0.1, 0.15) is 0 Å². The van der Waals surface area contributed by atoms with Crippen LogP contribution in [0.25, 0.3) is 0 Å². The third kappa shape index (κ3) is 4.79. The summed E-state index contributed by atoms with van der Waals surface area (Å²) in [5, 5.41) is 8.83. The van der Waals surface area contributed by atoms with Crippen LogP contribution in [0.1, 0.15) is 28.8 Å². The van der Waals surface area contributed by atoms with E-state index in [1.54, 1.807) is 6.07 Å². The summed E-state index contributed by atoms with van der Waals surface area (Å²) in [4.78, 5) is 24.3. The highest BCUT2D eigenvalue weighted by Gasteiger charge is 2.29. The molecule has 26 heavy (non-hydrogen) atoms. The number of anilines is 2. The topological polar surface area (TPSA) is 70.2 Å². The van der Waals surface area contributed by atoms with Crippen LogP contribution in [0.15, 0.2) is 42.5 Å². The zero-order chi connectivity index (χ0) is 18.7. The number of halogens is 1. The predicted octanol–water partition coefficient (Wildman–Crippen LogP) is 4.07. The van der Waals surface area contributed by atoms with Gasteiger partial charge in [-0.05, 0) is 84.4 Å². The fraction of sp³-hybridized carbons (Fsp3) is 0.211. The van der Waals surface area contributed by atoms with Crippen molar-refractivity contribution < 1.29 is 9.59 Å². The number of carbonyl (C=O) groups excluding carboxylic acids is 2. The molecule has 2 aromatic rings. The molecule has 0 spiro atoms. The number of hydrogen-bond acceptors (Lipinski definition) is 3. The Bertz CT molecular complexity index is 881. The van der Waals surface area contributed by atoms with Gasteiger partial charge in [-0.25, -0.2) is 0 Å². The number of nitrogens with one attached hydrogen (secondary N) is 3. The molecule has 0 aromatic heterocycles. The lowest BCUT2D eigenvalue weighted by Crippen LogP contribution is -2.34. The molecule has 1 fully saturated rings. The molecule has 134 valence electrons. The van der Waals surface area contributed by atoms with Gasteiger partial charge in [-0.15, -0.1) is 0 Å². The summed E-state index contributed by atoms with van der Waals surface area (Å²) in [6.45, 7) is 1.93. The van der Waals surface area contributed by atoms with Crippen LogP contribution < -0.4 is 16.0 Å². The summed E-state index contributed by atoms with van der Waals surface area (Å²) in [5.41, 5.74) is 2.99. The maximum Gasteiger partial charge on any atom is 0.258 e. The van der Waals surface area contributed by atoms with Crippen molar-refractivity contribution in [1.82, 2.24) is 5.32 Å². The largest absolute Gasteiger partial charge is 0.332 e. The molecule has 2 amide bonds. The normalized spacial score (nSPS) is 13.0. The minimum atomic E-state index is -0.262. The summed E-state index contributed by atoms with van der Waals surface area (Å²) in [6.07, 6.45) is 1.91. The number of rotatable bonds is 4. The van der Waals surface area contributed by atoms with Crippen molar-refractivity contribution in [2.24, 2.45) is 5.92 Å². The quantitative estimate of drug-likeness (QED) is 0.457. The molecule has 0 radical (unpaired) electrons. The van der Waals surface area contributed by atoms with Crippen molar-refractivity contribution in [3.05, 3.63) is 57.2 Å². The van der Waals surface area contributed by atoms with E-state index in [1.807, 2.05) is 43.3 Å². The highest BCUT2D eigenvalue weighted by molar-refractivity contribution is 14.1. The first-order chi connectivity index (χ1) is 12.4. The third-order valence-electron chi connectivity index (χ3n) is 4.05. The number of hydrogen-bond donors (Lipinski definition) is 3. The number of thiocarbonyl (C=S) groups is 1. The lowest BCUT2D eigenvalue weighted by atomic mass is 10.1. The fourth-order valence-electron chi connectivity index (χ4n) is 2.39. The van der Waals surface area contributed by atoms with Crippen LogP contribution in [0.4, 0.5) is 11.4 Å². The van der Waals surface area contributed by atoms with Crippen LogP contribution in [-0.2, 0) is 4.79 Å². The van der Waals surface area contributed by atoms with Crippen molar-refractivity contribution in [2.75, 3.05) is 10.6 Å². The first-order valence-electron chi connectivity index (χ1n) is 8.22. The van der Waals surface area contributed by atoms with Crippen LogP contribution in [-0.4, -0.2) is 16.9 Å². The molecule has 2 aromatic carbocycles. The van der Waals surface area contributed by atoms with Gasteiger partial charge in [-0.2, -0.15) is 0 Å². The van der Waals surface area contributed by atoms with E-state index in [0.29, 0.717) is 11.3 Å². The third-order valence-corrected chi connectivity index (χ3v) is 5.19. The van der Waals surface area contributed by atoms with Gasteiger partial charge in [0.25, 0.3) is 5.91 Å². The molecule has 0 unspecified atom stereocenters. The van der Waals surface area contributed by atoms with Gasteiger partial charge >= 0.3 is 0 Å². The summed E-state index contributed by atoms with van der Waals surface area (Å²) in [7, 11) is 0. The van der Waals surface area contributed by atoms with Gasteiger partial charge in [-0.1, -0.05) is 18.2 Å². The fourth-order valence-corrected chi connectivity index (χ4v) is 3.24. The second-order valence-electron chi connectivity index (χ2n) is 6.18. The predicted molar refractivity (Wildman–Crippen MR) is 115 cm³/mol. The Hall–Kier alpha value is -2.00. The molecule has 0 aliphatic heterocycles. The Labute approximate surface area is 171 Å². The van der Waals surface area contributed by atoms with Crippen LogP contribution in [0.5, 0.6) is 0 Å². The average Bonchev–Trinajstić information content (AvgIpc) is 3.43. The zero-order valence-electron chi connectivity index (χ0n) is 14.1. The monoisotopic (exact) mass is 479 g/mol. The van der Waals surface area contributed by atoms with E-state index >= 15 is 0 Å². The molecular formula is C19H18IN3O2S. The second kappa shape index (κ2) is 8.13. The van der Waals surface area contributed by atoms with Crippen molar-refractivity contribution in [3.8, 4) is 0 Å². The van der Waals surface area contributed by atoms with Crippen LogP contribution >= 0.6 is 34.8 Å². The second-order valence-corrected chi connectivity index (χ2v) is 7.75. The lowest BCUT2D eigenvalue weighted by molar-refractivity contribution is -0.117. The zero-order valence-corrected chi connectivity index (χ0v) is 17.1. The SMILES string of the molecule is Cc1ccc(NC(=S)NC(=O)c2ccccc2I)cc1NC(=O)C1CC1.